The van der Waals surface area contributed by atoms with Gasteiger partial charge in [-0.05, 0) is 6.07 Å². The fourth-order valence-corrected chi connectivity index (χ4v) is 1.73. The number of anilines is 1. The van der Waals surface area contributed by atoms with Crippen LogP contribution in [0.15, 0.2) is 24.8 Å². The Morgan fingerprint density at radius 3 is 2.45 bits per heavy atom. The van der Waals surface area contributed by atoms with Gasteiger partial charge in [0, 0.05) is 12.4 Å². The second-order valence-corrected chi connectivity index (χ2v) is 5.17. The second-order valence-electron chi connectivity index (χ2n) is 5.17. The van der Waals surface area contributed by atoms with Crippen molar-refractivity contribution in [1.82, 2.24) is 24.7 Å². The first kappa shape index (κ1) is 15.9. The molecule has 7 nitrogen and oxygen atoms in total. The molecule has 0 spiro atoms. The summed E-state index contributed by atoms with van der Waals surface area (Å²) in [5.74, 6) is -0.731. The van der Waals surface area contributed by atoms with Gasteiger partial charge >= 0.3 is 6.18 Å². The van der Waals surface area contributed by atoms with Gasteiger partial charge in [0.1, 0.15) is 6.33 Å². The van der Waals surface area contributed by atoms with E-state index >= 15 is 0 Å². The maximum absolute atomic E-state index is 12.5. The molecule has 0 aliphatic rings. The Labute approximate surface area is 123 Å². The average molecular weight is 314 g/mol. The zero-order chi connectivity index (χ0) is 16.4. The van der Waals surface area contributed by atoms with Crippen LogP contribution in [0, 0.1) is 5.41 Å². The number of carbonyl (C=O) groups excluding carboxylic acids is 1. The lowest BCUT2D eigenvalue weighted by molar-refractivity contribution is -0.162. The predicted octanol–water partition coefficient (Wildman–Crippen LogP) is 1.97. The Bertz CT molecular complexity index is 652. The van der Waals surface area contributed by atoms with E-state index in [1.54, 1.807) is 6.07 Å². The van der Waals surface area contributed by atoms with Gasteiger partial charge in [0.15, 0.2) is 0 Å². The number of amides is 1. The quantitative estimate of drug-likeness (QED) is 0.932. The van der Waals surface area contributed by atoms with E-state index in [9.17, 15) is 18.0 Å². The highest BCUT2D eigenvalue weighted by atomic mass is 19.4. The summed E-state index contributed by atoms with van der Waals surface area (Å²) >= 11 is 0. The molecule has 118 valence electrons. The van der Waals surface area contributed by atoms with Crippen LogP contribution in [-0.4, -0.2) is 36.8 Å². The fraction of sp³-hybridized carbons (Fsp3) is 0.417. The predicted molar refractivity (Wildman–Crippen MR) is 70.0 cm³/mol. The van der Waals surface area contributed by atoms with Crippen LogP contribution in [0.5, 0.6) is 0 Å². The molecule has 0 bridgehead atoms. The van der Waals surface area contributed by atoms with E-state index in [2.05, 4.69) is 25.4 Å². The van der Waals surface area contributed by atoms with Gasteiger partial charge in [0.2, 0.25) is 11.9 Å². The lowest BCUT2D eigenvalue weighted by Crippen LogP contribution is -2.35. The molecular formula is C12H13F3N6O. The lowest BCUT2D eigenvalue weighted by Gasteiger charge is -2.24. The highest BCUT2D eigenvalue weighted by Crippen LogP contribution is 2.33. The van der Waals surface area contributed by atoms with E-state index in [4.69, 9.17) is 0 Å². The number of halogens is 3. The molecule has 22 heavy (non-hydrogen) atoms. The second kappa shape index (κ2) is 5.70. The number of carbonyl (C=O) groups is 1. The van der Waals surface area contributed by atoms with Crippen molar-refractivity contribution in [3.63, 3.8) is 0 Å². The minimum absolute atomic E-state index is 0.0496. The Kier molecular flexibility index (Phi) is 4.11. The number of nitrogens with one attached hydrogen (secondary N) is 1. The fourth-order valence-electron chi connectivity index (χ4n) is 1.73. The number of nitrogens with zero attached hydrogens (tertiary/aromatic N) is 5. The smallest absolute Gasteiger partial charge is 0.294 e. The zero-order valence-corrected chi connectivity index (χ0v) is 11.8. The molecule has 0 saturated carbocycles. The number of hydrogen-bond acceptors (Lipinski definition) is 5. The summed E-state index contributed by atoms with van der Waals surface area (Å²) in [7, 11) is 0. The first-order chi connectivity index (χ1) is 10.2. The Morgan fingerprint density at radius 2 is 1.86 bits per heavy atom. The van der Waals surface area contributed by atoms with Gasteiger partial charge < -0.3 is 0 Å². The van der Waals surface area contributed by atoms with E-state index in [1.807, 2.05) is 0 Å². The molecule has 0 aromatic carbocycles. The van der Waals surface area contributed by atoms with E-state index < -0.39 is 23.9 Å². The van der Waals surface area contributed by atoms with Crippen LogP contribution in [0.3, 0.4) is 0 Å². The number of alkyl halides is 3. The van der Waals surface area contributed by atoms with Crippen molar-refractivity contribution in [1.29, 1.82) is 0 Å². The van der Waals surface area contributed by atoms with Crippen LogP contribution < -0.4 is 5.32 Å². The summed E-state index contributed by atoms with van der Waals surface area (Å²) < 4.78 is 38.6. The summed E-state index contributed by atoms with van der Waals surface area (Å²) in [6.07, 6.45) is -1.63. The van der Waals surface area contributed by atoms with Crippen LogP contribution in [0.25, 0.3) is 5.95 Å². The Balaban J connectivity index is 2.19. The topological polar surface area (TPSA) is 85.6 Å². The van der Waals surface area contributed by atoms with Gasteiger partial charge in [0.25, 0.3) is 5.95 Å². The number of rotatable bonds is 4. The number of hydrogen-bond donors (Lipinski definition) is 1. The largest absolute Gasteiger partial charge is 0.390 e. The van der Waals surface area contributed by atoms with E-state index in [0.29, 0.717) is 0 Å². The number of aromatic nitrogens is 5. The van der Waals surface area contributed by atoms with Crippen molar-refractivity contribution < 1.29 is 18.0 Å². The van der Waals surface area contributed by atoms with Crippen LogP contribution in [0.4, 0.5) is 19.1 Å². The van der Waals surface area contributed by atoms with Crippen LogP contribution in [-0.2, 0) is 4.79 Å². The van der Waals surface area contributed by atoms with Crippen molar-refractivity contribution >= 4 is 11.9 Å². The molecule has 0 atom stereocenters. The molecule has 2 aromatic heterocycles. The third-order valence-corrected chi connectivity index (χ3v) is 2.77. The summed E-state index contributed by atoms with van der Waals surface area (Å²) in [5, 5.41) is 6.16. The first-order valence-electron chi connectivity index (χ1n) is 6.25. The van der Waals surface area contributed by atoms with Crippen molar-refractivity contribution in [3.05, 3.63) is 24.8 Å². The average Bonchev–Trinajstić information content (AvgIpc) is 2.85. The van der Waals surface area contributed by atoms with Gasteiger partial charge in [-0.25, -0.2) is 9.97 Å². The van der Waals surface area contributed by atoms with Gasteiger partial charge in [-0.2, -0.15) is 27.9 Å². The minimum atomic E-state index is -4.45. The van der Waals surface area contributed by atoms with Crippen molar-refractivity contribution in [2.75, 3.05) is 5.32 Å². The van der Waals surface area contributed by atoms with Crippen molar-refractivity contribution in [2.45, 2.75) is 26.4 Å². The maximum Gasteiger partial charge on any atom is 0.390 e. The van der Waals surface area contributed by atoms with Gasteiger partial charge in [-0.15, -0.1) is 0 Å². The molecule has 0 radical (unpaired) electrons. The highest BCUT2D eigenvalue weighted by Gasteiger charge is 2.41. The maximum atomic E-state index is 12.5. The molecule has 0 fully saturated rings. The molecule has 1 N–H and O–H groups in total. The molecular weight excluding hydrogens is 301 g/mol. The monoisotopic (exact) mass is 314 g/mol. The van der Waals surface area contributed by atoms with Gasteiger partial charge in [0.05, 0.1) is 11.8 Å². The standard InChI is InChI=1S/C12H13F3N6O/c1-11(2,6-12(13,14)15)8(22)20-10-18-7-19-21(10)9-16-4-3-5-17-9/h3-5,7H,6H2,1-2H3,(H,18,19,20,22). The molecule has 0 unspecified atom stereocenters. The molecule has 0 aliphatic heterocycles. The van der Waals surface area contributed by atoms with E-state index in [1.165, 1.54) is 26.2 Å². The molecule has 2 heterocycles. The van der Waals surface area contributed by atoms with Gasteiger partial charge in [-0.3, -0.25) is 10.1 Å². The summed E-state index contributed by atoms with van der Waals surface area (Å²) in [6, 6.07) is 1.59. The Morgan fingerprint density at radius 1 is 1.23 bits per heavy atom. The lowest BCUT2D eigenvalue weighted by atomic mass is 9.88. The third-order valence-electron chi connectivity index (χ3n) is 2.77. The Hall–Kier alpha value is -2.52. The molecule has 0 saturated heterocycles. The summed E-state index contributed by atoms with van der Waals surface area (Å²) in [6.45, 7) is 2.41. The molecule has 2 rings (SSSR count). The first-order valence-corrected chi connectivity index (χ1v) is 6.25. The van der Waals surface area contributed by atoms with E-state index in [0.717, 1.165) is 11.0 Å². The SMILES string of the molecule is CC(C)(CC(F)(F)F)C(=O)Nc1ncnn1-c1ncccn1. The van der Waals surface area contributed by atoms with Crippen molar-refractivity contribution in [2.24, 2.45) is 5.41 Å². The van der Waals surface area contributed by atoms with Crippen LogP contribution in [0.1, 0.15) is 20.3 Å². The molecule has 1 amide bonds. The highest BCUT2D eigenvalue weighted by molar-refractivity contribution is 5.93. The van der Waals surface area contributed by atoms with Gasteiger partial charge in [-0.1, -0.05) is 13.8 Å². The normalized spacial score (nSPS) is 12.2. The molecule has 0 aliphatic carbocycles. The third kappa shape index (κ3) is 3.77. The van der Waals surface area contributed by atoms with Crippen LogP contribution >= 0.6 is 0 Å². The zero-order valence-electron chi connectivity index (χ0n) is 11.8. The molecule has 2 aromatic rings. The minimum Gasteiger partial charge on any atom is -0.294 e. The molecule has 10 heteroatoms. The summed E-state index contributed by atoms with van der Waals surface area (Å²) in [5.41, 5.74) is -1.65. The van der Waals surface area contributed by atoms with Crippen LogP contribution in [0.2, 0.25) is 0 Å². The van der Waals surface area contributed by atoms with E-state index in [-0.39, 0.29) is 11.9 Å². The van der Waals surface area contributed by atoms with Crippen molar-refractivity contribution in [3.8, 4) is 5.95 Å². The summed E-state index contributed by atoms with van der Waals surface area (Å²) in [4.78, 5) is 23.7.